The third kappa shape index (κ3) is 3.48. The van der Waals surface area contributed by atoms with Crippen LogP contribution in [0.4, 0.5) is 5.69 Å². The van der Waals surface area contributed by atoms with E-state index in [1.165, 1.54) is 19.3 Å². The van der Waals surface area contributed by atoms with E-state index in [9.17, 15) is 15.0 Å². The van der Waals surface area contributed by atoms with Crippen LogP contribution in [0.3, 0.4) is 0 Å². The summed E-state index contributed by atoms with van der Waals surface area (Å²) < 4.78 is 0. The van der Waals surface area contributed by atoms with Gasteiger partial charge in [0.05, 0.1) is 6.10 Å². The molecule has 0 aliphatic rings. The first kappa shape index (κ1) is 13.0. The Hall–Kier alpha value is -1.11. The molecule has 1 heterocycles. The number of aromatic nitrogens is 1. The first-order chi connectivity index (χ1) is 7.52. The molecule has 0 bridgehead atoms. The van der Waals surface area contributed by atoms with Crippen LogP contribution in [0.2, 0.25) is 0 Å². The molecule has 6 heteroatoms. The van der Waals surface area contributed by atoms with Gasteiger partial charge in [-0.3, -0.25) is 9.78 Å². The van der Waals surface area contributed by atoms with Gasteiger partial charge in [-0.25, -0.2) is 0 Å². The average molecular weight is 242 g/mol. The molecule has 0 aliphatic carbocycles. The zero-order chi connectivity index (χ0) is 12.1. The molecule has 2 atom stereocenters. The molecule has 1 rings (SSSR count). The number of nitrogens with zero attached hydrogens (tertiary/aromatic N) is 1. The van der Waals surface area contributed by atoms with E-state index < -0.39 is 12.2 Å². The SMILES string of the molecule is CC(=O)SCC(O)C(O)c1cnccc1N. The number of carbonyl (C=O) groups excluding carboxylic acids is 1. The van der Waals surface area contributed by atoms with Gasteiger partial charge in [-0.2, -0.15) is 0 Å². The van der Waals surface area contributed by atoms with Gasteiger partial charge in [0, 0.05) is 36.3 Å². The molecule has 0 aliphatic heterocycles. The first-order valence-corrected chi connectivity index (χ1v) is 5.69. The summed E-state index contributed by atoms with van der Waals surface area (Å²) in [6.07, 6.45) is 0.741. The van der Waals surface area contributed by atoms with Crippen LogP contribution in [-0.4, -0.2) is 32.2 Å². The lowest BCUT2D eigenvalue weighted by Gasteiger charge is -2.18. The number of aliphatic hydroxyl groups is 2. The van der Waals surface area contributed by atoms with Crippen LogP contribution in [0.1, 0.15) is 18.6 Å². The molecule has 0 saturated carbocycles. The van der Waals surface area contributed by atoms with Crippen LogP contribution in [0, 0.1) is 0 Å². The fourth-order valence-corrected chi connectivity index (χ4v) is 1.75. The summed E-state index contributed by atoms with van der Waals surface area (Å²) in [5.74, 6) is 0.130. The van der Waals surface area contributed by atoms with Gasteiger partial charge in [0.2, 0.25) is 0 Å². The molecule has 0 saturated heterocycles. The Morgan fingerprint density at radius 2 is 2.31 bits per heavy atom. The third-order valence-electron chi connectivity index (χ3n) is 2.03. The normalized spacial score (nSPS) is 14.4. The number of hydrogen-bond acceptors (Lipinski definition) is 6. The Morgan fingerprint density at radius 3 is 2.88 bits per heavy atom. The summed E-state index contributed by atoms with van der Waals surface area (Å²) in [6, 6.07) is 1.55. The maximum atomic E-state index is 10.7. The maximum Gasteiger partial charge on any atom is 0.185 e. The zero-order valence-electron chi connectivity index (χ0n) is 8.83. The van der Waals surface area contributed by atoms with Gasteiger partial charge in [0.1, 0.15) is 6.10 Å². The van der Waals surface area contributed by atoms with E-state index in [4.69, 9.17) is 5.73 Å². The molecular weight excluding hydrogens is 228 g/mol. The third-order valence-corrected chi connectivity index (χ3v) is 2.94. The smallest absolute Gasteiger partial charge is 0.185 e. The van der Waals surface area contributed by atoms with Crippen LogP contribution < -0.4 is 5.73 Å². The second-order valence-corrected chi connectivity index (χ2v) is 4.52. The monoisotopic (exact) mass is 242 g/mol. The van der Waals surface area contributed by atoms with E-state index in [0.29, 0.717) is 11.3 Å². The van der Waals surface area contributed by atoms with Crippen LogP contribution in [0.25, 0.3) is 0 Å². The van der Waals surface area contributed by atoms with E-state index in [2.05, 4.69) is 4.98 Å². The lowest BCUT2D eigenvalue weighted by Crippen LogP contribution is -2.22. The highest BCUT2D eigenvalue weighted by Gasteiger charge is 2.21. The number of pyridine rings is 1. The fraction of sp³-hybridized carbons (Fsp3) is 0.400. The number of thioether (sulfide) groups is 1. The number of nitrogens with two attached hydrogens (primary N) is 1. The van der Waals surface area contributed by atoms with Crippen molar-refractivity contribution in [2.75, 3.05) is 11.5 Å². The van der Waals surface area contributed by atoms with Crippen molar-refractivity contribution in [3.63, 3.8) is 0 Å². The van der Waals surface area contributed by atoms with Gasteiger partial charge in [-0.05, 0) is 6.07 Å². The zero-order valence-corrected chi connectivity index (χ0v) is 9.65. The molecule has 16 heavy (non-hydrogen) atoms. The van der Waals surface area contributed by atoms with Crippen LogP contribution in [-0.2, 0) is 4.79 Å². The Labute approximate surface area is 97.7 Å². The largest absolute Gasteiger partial charge is 0.398 e. The first-order valence-electron chi connectivity index (χ1n) is 4.71. The van der Waals surface area contributed by atoms with E-state index in [-0.39, 0.29) is 10.9 Å². The maximum absolute atomic E-state index is 10.7. The Balaban J connectivity index is 2.66. The molecule has 0 fully saturated rings. The number of hydrogen-bond donors (Lipinski definition) is 3. The van der Waals surface area contributed by atoms with E-state index >= 15 is 0 Å². The Morgan fingerprint density at radius 1 is 1.62 bits per heavy atom. The minimum Gasteiger partial charge on any atom is -0.398 e. The summed E-state index contributed by atoms with van der Waals surface area (Å²) >= 11 is 0.958. The predicted octanol–water partition coefficient (Wildman–Crippen LogP) is 0.338. The van der Waals surface area contributed by atoms with E-state index in [0.717, 1.165) is 11.8 Å². The molecule has 1 aromatic heterocycles. The summed E-state index contributed by atoms with van der Waals surface area (Å²) in [5.41, 5.74) is 6.37. The van der Waals surface area contributed by atoms with Gasteiger partial charge in [-0.15, -0.1) is 0 Å². The van der Waals surface area contributed by atoms with Crippen molar-refractivity contribution in [2.45, 2.75) is 19.1 Å². The summed E-state index contributed by atoms with van der Waals surface area (Å²) in [5, 5.41) is 19.3. The number of nitrogen functional groups attached to an aromatic ring is 1. The molecule has 4 N–H and O–H groups in total. The second-order valence-electron chi connectivity index (χ2n) is 3.32. The molecule has 5 nitrogen and oxygen atoms in total. The van der Waals surface area contributed by atoms with Gasteiger partial charge >= 0.3 is 0 Å². The molecular formula is C10H14N2O3S. The van der Waals surface area contributed by atoms with Crippen molar-refractivity contribution in [3.8, 4) is 0 Å². The summed E-state index contributed by atoms with van der Waals surface area (Å²) in [4.78, 5) is 14.5. The van der Waals surface area contributed by atoms with Gasteiger partial charge < -0.3 is 15.9 Å². The van der Waals surface area contributed by atoms with Crippen LogP contribution in [0.15, 0.2) is 18.5 Å². The summed E-state index contributed by atoms with van der Waals surface area (Å²) in [7, 11) is 0. The van der Waals surface area contributed by atoms with Crippen molar-refractivity contribution >= 4 is 22.6 Å². The standard InChI is InChI=1S/C10H14N2O3S/c1-6(13)16-5-9(14)10(15)7-4-12-3-2-8(7)11/h2-4,9-10,14-15H,5H2,1H3,(H2,11,12). The Kier molecular flexibility index (Phi) is 4.72. The summed E-state index contributed by atoms with van der Waals surface area (Å²) in [6.45, 7) is 1.40. The van der Waals surface area contributed by atoms with Crippen molar-refractivity contribution < 1.29 is 15.0 Å². The highest BCUT2D eigenvalue weighted by Crippen LogP contribution is 2.23. The van der Waals surface area contributed by atoms with Crippen molar-refractivity contribution in [1.29, 1.82) is 0 Å². The van der Waals surface area contributed by atoms with Crippen molar-refractivity contribution in [3.05, 3.63) is 24.0 Å². The van der Waals surface area contributed by atoms with Crippen molar-refractivity contribution in [1.82, 2.24) is 4.98 Å². The molecule has 0 aromatic carbocycles. The highest BCUT2D eigenvalue weighted by atomic mass is 32.2. The lowest BCUT2D eigenvalue weighted by molar-refractivity contribution is -0.109. The lowest BCUT2D eigenvalue weighted by atomic mass is 10.1. The van der Waals surface area contributed by atoms with E-state index in [1.54, 1.807) is 6.07 Å². The minimum absolute atomic E-state index is 0.106. The molecule has 0 spiro atoms. The van der Waals surface area contributed by atoms with Gasteiger partial charge in [0.25, 0.3) is 0 Å². The molecule has 0 radical (unpaired) electrons. The number of carbonyl (C=O) groups is 1. The van der Waals surface area contributed by atoms with Crippen molar-refractivity contribution in [2.24, 2.45) is 0 Å². The van der Waals surface area contributed by atoms with E-state index in [1.807, 2.05) is 0 Å². The van der Waals surface area contributed by atoms with Crippen LogP contribution in [0.5, 0.6) is 0 Å². The topological polar surface area (TPSA) is 96.4 Å². The number of aliphatic hydroxyl groups excluding tert-OH is 2. The molecule has 1 aromatic rings. The molecule has 2 unspecified atom stereocenters. The van der Waals surface area contributed by atoms with Gasteiger partial charge in [0.15, 0.2) is 5.12 Å². The molecule has 0 amide bonds. The second kappa shape index (κ2) is 5.83. The fourth-order valence-electron chi connectivity index (χ4n) is 1.17. The number of rotatable bonds is 4. The van der Waals surface area contributed by atoms with Gasteiger partial charge in [-0.1, -0.05) is 11.8 Å². The quantitative estimate of drug-likeness (QED) is 0.704. The number of anilines is 1. The molecule has 88 valence electrons. The minimum atomic E-state index is -1.12. The average Bonchev–Trinajstić information content (AvgIpc) is 2.25. The van der Waals surface area contributed by atoms with Crippen LogP contribution >= 0.6 is 11.8 Å². The highest BCUT2D eigenvalue weighted by molar-refractivity contribution is 8.13. The Bertz CT molecular complexity index is 373. The predicted molar refractivity (Wildman–Crippen MR) is 62.8 cm³/mol.